The van der Waals surface area contributed by atoms with Crippen molar-refractivity contribution in [1.82, 2.24) is 4.90 Å². The van der Waals surface area contributed by atoms with Crippen LogP contribution in [0, 0.1) is 0 Å². The molecule has 15 heavy (non-hydrogen) atoms. The van der Waals surface area contributed by atoms with Gasteiger partial charge in [-0.3, -0.25) is 4.79 Å². The number of carbonyl (C=O) groups is 2. The van der Waals surface area contributed by atoms with E-state index in [0.29, 0.717) is 6.42 Å². The van der Waals surface area contributed by atoms with E-state index in [1.807, 2.05) is 0 Å². The van der Waals surface area contributed by atoms with Gasteiger partial charge in [0.2, 0.25) is 5.91 Å². The minimum atomic E-state index is -1.07. The van der Waals surface area contributed by atoms with Crippen molar-refractivity contribution in [3.8, 4) is 0 Å². The molecule has 2 aliphatic heterocycles. The molecule has 2 heterocycles. The third-order valence-electron chi connectivity index (χ3n) is 2.71. The van der Waals surface area contributed by atoms with Crippen LogP contribution >= 0.6 is 11.8 Å². The van der Waals surface area contributed by atoms with Crippen LogP contribution in [0.2, 0.25) is 0 Å². The number of amides is 1. The van der Waals surface area contributed by atoms with Gasteiger partial charge in [0, 0.05) is 0 Å². The second-order valence-electron chi connectivity index (χ2n) is 3.75. The number of rotatable bonds is 2. The lowest BCUT2D eigenvalue weighted by Gasteiger charge is -2.36. The van der Waals surface area contributed by atoms with E-state index >= 15 is 0 Å². The molecule has 2 fully saturated rings. The standard InChI is InChI=1S/C8H9N3O3S/c1-8(3-10-9)6(7(13)14)11-4(12)2-5(11)15-8/h3,5-6H,2H2,1H3,(H,13,14)/t5-,6+,8?/m1/s1. The number of carboxylic acids is 1. The highest BCUT2D eigenvalue weighted by molar-refractivity contribution is 8.02. The van der Waals surface area contributed by atoms with Crippen LogP contribution in [-0.2, 0) is 9.59 Å². The summed E-state index contributed by atoms with van der Waals surface area (Å²) in [6, 6.07) is -0.940. The van der Waals surface area contributed by atoms with E-state index in [1.54, 1.807) is 6.92 Å². The monoisotopic (exact) mass is 227 g/mol. The second-order valence-corrected chi connectivity index (χ2v) is 5.41. The van der Waals surface area contributed by atoms with Gasteiger partial charge in [0.25, 0.3) is 6.21 Å². The van der Waals surface area contributed by atoms with Gasteiger partial charge >= 0.3 is 5.97 Å². The van der Waals surface area contributed by atoms with Crippen molar-refractivity contribution in [3.05, 3.63) is 5.53 Å². The molecule has 2 rings (SSSR count). The topological polar surface area (TPSA) is 94.0 Å². The smallest absolute Gasteiger partial charge is 0.328 e. The van der Waals surface area contributed by atoms with Crippen molar-refractivity contribution in [2.75, 3.05) is 0 Å². The summed E-state index contributed by atoms with van der Waals surface area (Å²) in [6.07, 6.45) is 1.55. The molecule has 2 saturated heterocycles. The van der Waals surface area contributed by atoms with Crippen LogP contribution in [0.3, 0.4) is 0 Å². The first-order chi connectivity index (χ1) is 6.99. The highest BCUT2D eigenvalue weighted by Gasteiger charge is 2.62. The van der Waals surface area contributed by atoms with E-state index in [0.717, 1.165) is 0 Å². The summed E-state index contributed by atoms with van der Waals surface area (Å²) in [6.45, 7) is 1.65. The Labute approximate surface area is 89.9 Å². The minimum absolute atomic E-state index is 0.0957. The van der Waals surface area contributed by atoms with Crippen molar-refractivity contribution in [1.29, 1.82) is 0 Å². The highest BCUT2D eigenvalue weighted by Crippen LogP contribution is 2.49. The van der Waals surface area contributed by atoms with E-state index < -0.39 is 16.8 Å². The highest BCUT2D eigenvalue weighted by atomic mass is 32.2. The van der Waals surface area contributed by atoms with E-state index in [9.17, 15) is 9.59 Å². The zero-order valence-electron chi connectivity index (χ0n) is 7.95. The molecule has 0 bridgehead atoms. The molecule has 0 aromatic rings. The molecule has 1 unspecified atom stereocenters. The number of aliphatic carboxylic acids is 1. The fourth-order valence-corrected chi connectivity index (χ4v) is 3.64. The maximum absolute atomic E-state index is 11.3. The van der Waals surface area contributed by atoms with Gasteiger partial charge in [-0.15, -0.1) is 11.8 Å². The van der Waals surface area contributed by atoms with E-state index in [4.69, 9.17) is 10.6 Å². The number of hydrogen-bond donors (Lipinski definition) is 1. The van der Waals surface area contributed by atoms with Crippen molar-refractivity contribution >= 4 is 29.9 Å². The number of fused-ring (bicyclic) bond motifs is 1. The molecule has 0 radical (unpaired) electrons. The zero-order chi connectivity index (χ0) is 11.2. The third-order valence-corrected chi connectivity index (χ3v) is 4.21. The molecule has 0 aromatic heterocycles. The average Bonchev–Trinajstić information content (AvgIpc) is 2.35. The van der Waals surface area contributed by atoms with E-state index in [2.05, 4.69) is 4.79 Å². The summed E-state index contributed by atoms with van der Waals surface area (Å²) < 4.78 is -0.850. The van der Waals surface area contributed by atoms with Crippen molar-refractivity contribution in [2.45, 2.75) is 29.5 Å². The van der Waals surface area contributed by atoms with Crippen molar-refractivity contribution in [3.63, 3.8) is 0 Å². The van der Waals surface area contributed by atoms with Crippen molar-refractivity contribution in [2.24, 2.45) is 0 Å². The normalized spacial score (nSPS) is 37.9. The molecule has 0 saturated carbocycles. The third kappa shape index (κ3) is 1.27. The minimum Gasteiger partial charge on any atom is -0.480 e. The largest absolute Gasteiger partial charge is 0.480 e. The van der Waals surface area contributed by atoms with Crippen LogP contribution < -0.4 is 0 Å². The first kappa shape index (κ1) is 10.2. The van der Waals surface area contributed by atoms with Gasteiger partial charge in [-0.25, -0.2) is 4.79 Å². The molecule has 3 atom stereocenters. The summed E-state index contributed by atoms with van der Waals surface area (Å²) in [4.78, 5) is 26.6. The Hall–Kier alpha value is -1.33. The molecule has 0 spiro atoms. The molecule has 1 amide bonds. The van der Waals surface area contributed by atoms with Crippen LogP contribution in [0.15, 0.2) is 0 Å². The van der Waals surface area contributed by atoms with Crippen LogP contribution in [0.4, 0.5) is 0 Å². The summed E-state index contributed by atoms with van der Waals surface area (Å²) in [7, 11) is 0. The first-order valence-electron chi connectivity index (χ1n) is 4.40. The van der Waals surface area contributed by atoms with Gasteiger partial charge in [-0.05, 0) is 6.92 Å². The molecule has 80 valence electrons. The molecule has 0 aliphatic carbocycles. The fourth-order valence-electron chi connectivity index (χ4n) is 2.02. The number of carbonyl (C=O) groups excluding carboxylic acids is 1. The molecule has 7 heteroatoms. The van der Waals surface area contributed by atoms with Crippen LogP contribution in [-0.4, -0.2) is 49.1 Å². The first-order valence-corrected chi connectivity index (χ1v) is 5.28. The number of carboxylic acid groups (broad SMARTS) is 1. The number of thioether (sulfide) groups is 1. The quantitative estimate of drug-likeness (QED) is 0.306. The molecular formula is C8H9N3O3S. The van der Waals surface area contributed by atoms with Gasteiger partial charge < -0.3 is 15.5 Å². The lowest BCUT2D eigenvalue weighted by molar-refractivity contribution is -0.157. The Morgan fingerprint density at radius 3 is 3.00 bits per heavy atom. The Balaban J connectivity index is 2.38. The second kappa shape index (κ2) is 3.08. The van der Waals surface area contributed by atoms with Gasteiger partial charge in [0.1, 0.15) is 4.75 Å². The van der Waals surface area contributed by atoms with Crippen molar-refractivity contribution < 1.29 is 19.5 Å². The number of nitrogens with zero attached hydrogens (tertiary/aromatic N) is 3. The van der Waals surface area contributed by atoms with Gasteiger partial charge in [-0.1, -0.05) is 0 Å². The van der Waals surface area contributed by atoms with Gasteiger partial charge in [0.05, 0.1) is 11.8 Å². The molecule has 6 nitrogen and oxygen atoms in total. The Morgan fingerprint density at radius 2 is 2.53 bits per heavy atom. The Morgan fingerprint density at radius 1 is 1.87 bits per heavy atom. The summed E-state index contributed by atoms with van der Waals surface area (Å²) in [5.74, 6) is -1.23. The lowest BCUT2D eigenvalue weighted by atomic mass is 9.98. The molecular weight excluding hydrogens is 218 g/mol. The summed E-state index contributed by atoms with van der Waals surface area (Å²) >= 11 is 1.34. The van der Waals surface area contributed by atoms with Gasteiger partial charge in [-0.2, -0.15) is 4.79 Å². The summed E-state index contributed by atoms with van der Waals surface area (Å²) in [5, 5.41) is 8.97. The molecule has 1 N–H and O–H groups in total. The van der Waals surface area contributed by atoms with E-state index in [-0.39, 0.29) is 11.3 Å². The number of hydrogen-bond acceptors (Lipinski definition) is 3. The fraction of sp³-hybridized carbons (Fsp3) is 0.625. The van der Waals surface area contributed by atoms with Gasteiger partial charge in [0.15, 0.2) is 6.04 Å². The average molecular weight is 227 g/mol. The van der Waals surface area contributed by atoms with Crippen LogP contribution in [0.5, 0.6) is 0 Å². The SMILES string of the molecule is CC1(C=[N+]=[N-])S[C@@H]2CC(=O)N2[C@H]1C(=O)O. The van der Waals surface area contributed by atoms with E-state index in [1.165, 1.54) is 22.9 Å². The maximum Gasteiger partial charge on any atom is 0.328 e. The van der Waals surface area contributed by atoms with Crippen LogP contribution in [0.1, 0.15) is 13.3 Å². The predicted octanol–water partition coefficient (Wildman–Crippen LogP) is -0.196. The lowest BCUT2D eigenvalue weighted by Crippen LogP contribution is -2.57. The Bertz CT molecular complexity index is 393. The zero-order valence-corrected chi connectivity index (χ0v) is 8.77. The Kier molecular flexibility index (Phi) is 2.09. The summed E-state index contributed by atoms with van der Waals surface area (Å²) in [5.41, 5.74) is 8.51. The molecule has 2 aliphatic rings. The maximum atomic E-state index is 11.3. The van der Waals surface area contributed by atoms with Crippen LogP contribution in [0.25, 0.3) is 5.53 Å². The molecule has 0 aromatic carbocycles. The number of β-lactam (4-membered cyclic amide) rings is 1. The predicted molar refractivity (Wildman–Crippen MR) is 52.4 cm³/mol.